The van der Waals surface area contributed by atoms with Crippen molar-refractivity contribution in [3.63, 3.8) is 0 Å². The van der Waals surface area contributed by atoms with Gasteiger partial charge >= 0.3 is 6.18 Å². The van der Waals surface area contributed by atoms with E-state index in [2.05, 4.69) is 47.1 Å². The first-order valence-corrected chi connectivity index (χ1v) is 6.56. The molecule has 0 saturated carbocycles. The Kier molecular flexibility index (Phi) is 4.10. The van der Waals surface area contributed by atoms with Crippen molar-refractivity contribution in [3.05, 3.63) is 45.1 Å². The van der Waals surface area contributed by atoms with Crippen LogP contribution < -0.4 is 5.32 Å². The number of hydrogen-bond acceptors (Lipinski definition) is 3. The van der Waals surface area contributed by atoms with Crippen LogP contribution in [0.4, 0.5) is 24.8 Å². The molecule has 3 nitrogen and oxygen atoms in total. The van der Waals surface area contributed by atoms with Crippen molar-refractivity contribution in [1.29, 1.82) is 0 Å². The zero-order valence-corrected chi connectivity index (χ0v) is 12.3. The van der Waals surface area contributed by atoms with Gasteiger partial charge in [-0.3, -0.25) is 0 Å². The summed E-state index contributed by atoms with van der Waals surface area (Å²) in [7, 11) is 0. The Hall–Kier alpha value is -1.15. The van der Waals surface area contributed by atoms with Crippen molar-refractivity contribution in [2.45, 2.75) is 6.18 Å². The fourth-order valence-corrected chi connectivity index (χ4v) is 2.51. The highest BCUT2D eigenvalue weighted by molar-refractivity contribution is 9.11. The third-order valence-corrected chi connectivity index (χ3v) is 2.97. The van der Waals surface area contributed by atoms with Crippen LogP contribution in [0.5, 0.6) is 0 Å². The molecule has 0 aliphatic heterocycles. The second-order valence-electron chi connectivity index (χ2n) is 3.55. The van der Waals surface area contributed by atoms with E-state index in [9.17, 15) is 13.2 Å². The SMILES string of the molecule is FC(F)(F)c1ccnc(Nc2cc(Br)cc(Br)n2)c1. The maximum absolute atomic E-state index is 12.5. The van der Waals surface area contributed by atoms with E-state index in [-0.39, 0.29) is 5.82 Å². The van der Waals surface area contributed by atoms with Gasteiger partial charge in [0.2, 0.25) is 0 Å². The van der Waals surface area contributed by atoms with Crippen LogP contribution in [0.15, 0.2) is 39.5 Å². The zero-order valence-electron chi connectivity index (χ0n) is 9.17. The van der Waals surface area contributed by atoms with E-state index in [1.165, 1.54) is 0 Å². The van der Waals surface area contributed by atoms with E-state index in [4.69, 9.17) is 0 Å². The standard InChI is InChI=1S/C11H6Br2F3N3/c12-7-4-8(13)18-10(5-7)19-9-3-6(1-2-17-9)11(14,15)16/h1-5H,(H,17,18,19). The maximum atomic E-state index is 12.5. The Balaban J connectivity index is 2.28. The molecule has 0 atom stereocenters. The summed E-state index contributed by atoms with van der Waals surface area (Å²) in [4.78, 5) is 7.90. The summed E-state index contributed by atoms with van der Waals surface area (Å²) >= 11 is 6.45. The van der Waals surface area contributed by atoms with Gasteiger partial charge in [0, 0.05) is 10.7 Å². The van der Waals surface area contributed by atoms with E-state index >= 15 is 0 Å². The van der Waals surface area contributed by atoms with Crippen molar-refractivity contribution >= 4 is 43.5 Å². The van der Waals surface area contributed by atoms with Crippen LogP contribution in [0.1, 0.15) is 5.56 Å². The molecule has 0 spiro atoms. The van der Waals surface area contributed by atoms with Crippen LogP contribution >= 0.6 is 31.9 Å². The summed E-state index contributed by atoms with van der Waals surface area (Å²) in [5.74, 6) is 0.459. The van der Waals surface area contributed by atoms with Crippen LogP contribution in [-0.2, 0) is 6.18 Å². The van der Waals surface area contributed by atoms with Gasteiger partial charge in [0.05, 0.1) is 5.56 Å². The second kappa shape index (κ2) is 5.46. The Bertz CT molecular complexity index is 582. The largest absolute Gasteiger partial charge is 0.416 e. The van der Waals surface area contributed by atoms with Gasteiger partial charge in [-0.05, 0) is 40.2 Å². The van der Waals surface area contributed by atoms with Crippen molar-refractivity contribution in [2.75, 3.05) is 5.32 Å². The third kappa shape index (κ3) is 3.90. The molecule has 2 aromatic rings. The minimum absolute atomic E-state index is 0.0762. The quantitative estimate of drug-likeness (QED) is 0.743. The van der Waals surface area contributed by atoms with Crippen molar-refractivity contribution in [1.82, 2.24) is 9.97 Å². The van der Waals surface area contributed by atoms with Gasteiger partial charge in [-0.1, -0.05) is 15.9 Å². The molecule has 0 radical (unpaired) electrons. The average molecular weight is 397 g/mol. The molecule has 2 heterocycles. The Morgan fingerprint density at radius 2 is 1.79 bits per heavy atom. The number of alkyl halides is 3. The molecule has 8 heteroatoms. The molecule has 0 unspecified atom stereocenters. The topological polar surface area (TPSA) is 37.8 Å². The van der Waals surface area contributed by atoms with Gasteiger partial charge < -0.3 is 5.32 Å². The molecule has 0 aliphatic rings. The van der Waals surface area contributed by atoms with Gasteiger partial charge in [0.15, 0.2) is 0 Å². The van der Waals surface area contributed by atoms with E-state index in [1.54, 1.807) is 12.1 Å². The predicted molar refractivity (Wildman–Crippen MR) is 72.2 cm³/mol. The second-order valence-corrected chi connectivity index (χ2v) is 5.27. The van der Waals surface area contributed by atoms with E-state index < -0.39 is 11.7 Å². The number of nitrogens with one attached hydrogen (secondary N) is 1. The molecule has 0 fully saturated rings. The lowest BCUT2D eigenvalue weighted by Crippen LogP contribution is -2.06. The van der Waals surface area contributed by atoms with E-state index in [0.29, 0.717) is 10.4 Å². The smallest absolute Gasteiger partial charge is 0.325 e. The van der Waals surface area contributed by atoms with Crippen LogP contribution in [0.25, 0.3) is 0 Å². The van der Waals surface area contributed by atoms with Crippen LogP contribution in [-0.4, -0.2) is 9.97 Å². The summed E-state index contributed by atoms with van der Waals surface area (Å²) in [5, 5.41) is 2.72. The molecular weight excluding hydrogens is 391 g/mol. The van der Waals surface area contributed by atoms with Crippen LogP contribution in [0.3, 0.4) is 0 Å². The summed E-state index contributed by atoms with van der Waals surface area (Å²) in [6, 6.07) is 5.18. The first-order chi connectivity index (χ1) is 8.84. The zero-order chi connectivity index (χ0) is 14.0. The lowest BCUT2D eigenvalue weighted by molar-refractivity contribution is -0.137. The molecule has 0 saturated heterocycles. The van der Waals surface area contributed by atoms with Gasteiger partial charge in [0.1, 0.15) is 16.2 Å². The highest BCUT2D eigenvalue weighted by Gasteiger charge is 2.30. The molecule has 2 aromatic heterocycles. The third-order valence-electron chi connectivity index (χ3n) is 2.10. The van der Waals surface area contributed by atoms with Gasteiger partial charge in [-0.25, -0.2) is 9.97 Å². The lowest BCUT2D eigenvalue weighted by Gasteiger charge is -2.09. The molecule has 19 heavy (non-hydrogen) atoms. The molecule has 0 aliphatic carbocycles. The monoisotopic (exact) mass is 395 g/mol. The van der Waals surface area contributed by atoms with Crippen molar-refractivity contribution in [2.24, 2.45) is 0 Å². The summed E-state index contributed by atoms with van der Waals surface area (Å²) < 4.78 is 38.9. The Morgan fingerprint density at radius 1 is 1.05 bits per heavy atom. The first kappa shape index (κ1) is 14.3. The highest BCUT2D eigenvalue weighted by atomic mass is 79.9. The summed E-state index contributed by atoms with van der Waals surface area (Å²) in [5.41, 5.74) is -0.765. The lowest BCUT2D eigenvalue weighted by atomic mass is 10.2. The van der Waals surface area contributed by atoms with Gasteiger partial charge in [-0.15, -0.1) is 0 Å². The number of hydrogen-bond donors (Lipinski definition) is 1. The summed E-state index contributed by atoms with van der Waals surface area (Å²) in [6.07, 6.45) is -3.30. The Labute approximate surface area is 123 Å². The number of aromatic nitrogens is 2. The molecular formula is C11H6Br2F3N3. The first-order valence-electron chi connectivity index (χ1n) is 4.98. The van der Waals surface area contributed by atoms with Crippen molar-refractivity contribution < 1.29 is 13.2 Å². The molecule has 0 amide bonds. The molecule has 0 aromatic carbocycles. The minimum atomic E-state index is -4.40. The minimum Gasteiger partial charge on any atom is -0.325 e. The summed E-state index contributed by atoms with van der Waals surface area (Å²) in [6.45, 7) is 0. The van der Waals surface area contributed by atoms with E-state index in [1.807, 2.05) is 0 Å². The van der Waals surface area contributed by atoms with Crippen molar-refractivity contribution in [3.8, 4) is 0 Å². The van der Waals surface area contributed by atoms with E-state index in [0.717, 1.165) is 22.8 Å². The maximum Gasteiger partial charge on any atom is 0.416 e. The fraction of sp³-hybridized carbons (Fsp3) is 0.0909. The number of halogens is 5. The number of rotatable bonds is 2. The number of anilines is 2. The normalized spacial score (nSPS) is 11.4. The number of nitrogens with zero attached hydrogens (tertiary/aromatic N) is 2. The van der Waals surface area contributed by atoms with Crippen LogP contribution in [0, 0.1) is 0 Å². The molecule has 2 rings (SSSR count). The number of pyridine rings is 2. The fourth-order valence-electron chi connectivity index (χ4n) is 1.34. The highest BCUT2D eigenvalue weighted by Crippen LogP contribution is 2.30. The molecule has 0 bridgehead atoms. The Morgan fingerprint density at radius 3 is 2.42 bits per heavy atom. The molecule has 1 N–H and O–H groups in total. The van der Waals surface area contributed by atoms with Gasteiger partial charge in [-0.2, -0.15) is 13.2 Å². The van der Waals surface area contributed by atoms with Gasteiger partial charge in [0.25, 0.3) is 0 Å². The predicted octanol–water partition coefficient (Wildman–Crippen LogP) is 4.76. The molecule has 100 valence electrons. The van der Waals surface area contributed by atoms with Crippen LogP contribution in [0.2, 0.25) is 0 Å². The average Bonchev–Trinajstić information content (AvgIpc) is 2.26.